The molecule has 0 aliphatic heterocycles. The highest BCUT2D eigenvalue weighted by Crippen LogP contribution is 2.19. The second kappa shape index (κ2) is 7.22. The third-order valence-corrected chi connectivity index (χ3v) is 3.95. The van der Waals surface area contributed by atoms with E-state index in [0.29, 0.717) is 12.8 Å². The van der Waals surface area contributed by atoms with E-state index in [-0.39, 0.29) is 12.5 Å². The van der Waals surface area contributed by atoms with Gasteiger partial charge in [-0.2, -0.15) is 0 Å². The van der Waals surface area contributed by atoms with Crippen molar-refractivity contribution in [3.63, 3.8) is 0 Å². The standard InChI is InChI=1S/C16H24N2O3/c1-5-16(6-2,15(20)21)17-10-13(19)18-14-11(3)8-7-9-12(14)4/h7-9,17H,5-6,10H2,1-4H3,(H,18,19)(H,20,21). The second-order valence-electron chi connectivity index (χ2n) is 5.26. The van der Waals surface area contributed by atoms with E-state index in [1.165, 1.54) is 0 Å². The molecule has 0 saturated heterocycles. The summed E-state index contributed by atoms with van der Waals surface area (Å²) < 4.78 is 0. The average Bonchev–Trinajstić information content (AvgIpc) is 2.44. The van der Waals surface area contributed by atoms with Gasteiger partial charge in [-0.25, -0.2) is 0 Å². The zero-order chi connectivity index (χ0) is 16.0. The van der Waals surface area contributed by atoms with Crippen molar-refractivity contribution < 1.29 is 14.7 Å². The number of carbonyl (C=O) groups is 2. The van der Waals surface area contributed by atoms with Crippen LogP contribution >= 0.6 is 0 Å². The number of hydrogen-bond donors (Lipinski definition) is 3. The molecule has 0 bridgehead atoms. The van der Waals surface area contributed by atoms with Gasteiger partial charge in [-0.15, -0.1) is 0 Å². The summed E-state index contributed by atoms with van der Waals surface area (Å²) in [7, 11) is 0. The fraction of sp³-hybridized carbons (Fsp3) is 0.500. The highest BCUT2D eigenvalue weighted by atomic mass is 16.4. The van der Waals surface area contributed by atoms with E-state index >= 15 is 0 Å². The smallest absolute Gasteiger partial charge is 0.323 e. The van der Waals surface area contributed by atoms with Gasteiger partial charge in [0.05, 0.1) is 6.54 Å². The maximum Gasteiger partial charge on any atom is 0.323 e. The van der Waals surface area contributed by atoms with Gasteiger partial charge in [0, 0.05) is 5.69 Å². The third kappa shape index (κ3) is 4.04. The molecular weight excluding hydrogens is 268 g/mol. The molecule has 0 unspecified atom stereocenters. The Morgan fingerprint density at radius 2 is 1.67 bits per heavy atom. The van der Waals surface area contributed by atoms with E-state index < -0.39 is 11.5 Å². The number of carboxylic acids is 1. The molecule has 5 nitrogen and oxygen atoms in total. The van der Waals surface area contributed by atoms with Crippen LogP contribution in [0.25, 0.3) is 0 Å². The van der Waals surface area contributed by atoms with E-state index in [9.17, 15) is 14.7 Å². The molecule has 116 valence electrons. The molecule has 0 aliphatic rings. The van der Waals surface area contributed by atoms with Crippen molar-refractivity contribution in [2.45, 2.75) is 46.1 Å². The summed E-state index contributed by atoms with van der Waals surface area (Å²) in [6.45, 7) is 7.43. The van der Waals surface area contributed by atoms with Gasteiger partial charge >= 0.3 is 5.97 Å². The normalized spacial score (nSPS) is 11.2. The minimum atomic E-state index is -1.04. The Morgan fingerprint density at radius 3 is 2.10 bits per heavy atom. The van der Waals surface area contributed by atoms with Gasteiger partial charge in [-0.1, -0.05) is 32.0 Å². The van der Waals surface area contributed by atoms with Gasteiger partial charge in [-0.3, -0.25) is 14.9 Å². The summed E-state index contributed by atoms with van der Waals surface area (Å²) in [5.74, 6) is -1.16. The zero-order valence-electron chi connectivity index (χ0n) is 13.1. The second-order valence-corrected chi connectivity index (χ2v) is 5.26. The summed E-state index contributed by atoms with van der Waals surface area (Å²) in [4.78, 5) is 23.4. The number of carboxylic acid groups (broad SMARTS) is 1. The van der Waals surface area contributed by atoms with Gasteiger partial charge in [0.15, 0.2) is 0 Å². The number of nitrogens with one attached hydrogen (secondary N) is 2. The Morgan fingerprint density at radius 1 is 1.14 bits per heavy atom. The molecule has 0 saturated carbocycles. The molecule has 0 aromatic heterocycles. The van der Waals surface area contributed by atoms with Crippen LogP contribution in [0.4, 0.5) is 5.69 Å². The van der Waals surface area contributed by atoms with Crippen LogP contribution in [0.1, 0.15) is 37.8 Å². The Labute approximate surface area is 125 Å². The van der Waals surface area contributed by atoms with Crippen LogP contribution in [-0.2, 0) is 9.59 Å². The molecule has 5 heteroatoms. The minimum Gasteiger partial charge on any atom is -0.480 e. The largest absolute Gasteiger partial charge is 0.480 e. The number of hydrogen-bond acceptors (Lipinski definition) is 3. The van der Waals surface area contributed by atoms with Gasteiger partial charge in [-0.05, 0) is 37.8 Å². The predicted octanol–water partition coefficient (Wildman–Crippen LogP) is 2.47. The number of anilines is 1. The first-order valence-electron chi connectivity index (χ1n) is 7.20. The lowest BCUT2D eigenvalue weighted by Crippen LogP contribution is -2.53. The first kappa shape index (κ1) is 17.2. The Balaban J connectivity index is 2.72. The van der Waals surface area contributed by atoms with Crippen molar-refractivity contribution in [3.05, 3.63) is 29.3 Å². The summed E-state index contributed by atoms with van der Waals surface area (Å²) in [5.41, 5.74) is 1.72. The maximum atomic E-state index is 12.1. The molecule has 21 heavy (non-hydrogen) atoms. The number of rotatable bonds is 7. The van der Waals surface area contributed by atoms with Crippen molar-refractivity contribution in [1.29, 1.82) is 0 Å². The van der Waals surface area contributed by atoms with Crippen LogP contribution < -0.4 is 10.6 Å². The minimum absolute atomic E-state index is 0.0260. The summed E-state index contributed by atoms with van der Waals surface area (Å²) in [6, 6.07) is 5.79. The lowest BCUT2D eigenvalue weighted by molar-refractivity contribution is -0.145. The van der Waals surface area contributed by atoms with Gasteiger partial charge in [0.25, 0.3) is 0 Å². The third-order valence-electron chi connectivity index (χ3n) is 3.95. The number of amides is 1. The zero-order valence-corrected chi connectivity index (χ0v) is 13.1. The molecule has 0 aliphatic carbocycles. The fourth-order valence-electron chi connectivity index (χ4n) is 2.32. The van der Waals surface area contributed by atoms with Gasteiger partial charge in [0.1, 0.15) is 5.54 Å². The van der Waals surface area contributed by atoms with Crippen molar-refractivity contribution in [2.24, 2.45) is 0 Å². The number of aryl methyl sites for hydroxylation is 2. The molecule has 1 aromatic rings. The predicted molar refractivity (Wildman–Crippen MR) is 83.5 cm³/mol. The lowest BCUT2D eigenvalue weighted by Gasteiger charge is -2.28. The van der Waals surface area contributed by atoms with Crippen molar-refractivity contribution in [3.8, 4) is 0 Å². The molecule has 1 aromatic carbocycles. The van der Waals surface area contributed by atoms with E-state index in [0.717, 1.165) is 16.8 Å². The van der Waals surface area contributed by atoms with Crippen LogP contribution in [0.3, 0.4) is 0 Å². The highest BCUT2D eigenvalue weighted by Gasteiger charge is 2.34. The monoisotopic (exact) mass is 292 g/mol. The molecule has 0 radical (unpaired) electrons. The highest BCUT2D eigenvalue weighted by molar-refractivity contribution is 5.94. The number of para-hydroxylation sites is 1. The molecule has 0 atom stereocenters. The van der Waals surface area contributed by atoms with E-state index in [4.69, 9.17) is 0 Å². The number of carbonyl (C=O) groups excluding carboxylic acids is 1. The first-order valence-corrected chi connectivity index (χ1v) is 7.20. The van der Waals surface area contributed by atoms with Gasteiger partial charge in [0.2, 0.25) is 5.91 Å². The molecule has 0 fully saturated rings. The first-order chi connectivity index (χ1) is 9.86. The van der Waals surface area contributed by atoms with Crippen molar-refractivity contribution in [1.82, 2.24) is 5.32 Å². The van der Waals surface area contributed by atoms with E-state index in [1.54, 1.807) is 13.8 Å². The summed E-state index contributed by atoms with van der Waals surface area (Å²) in [6.07, 6.45) is 0.852. The topological polar surface area (TPSA) is 78.4 Å². The van der Waals surface area contributed by atoms with Crippen LogP contribution in [-0.4, -0.2) is 29.1 Å². The van der Waals surface area contributed by atoms with E-state index in [1.807, 2.05) is 32.0 Å². The Bertz CT molecular complexity index is 502. The van der Waals surface area contributed by atoms with Crippen molar-refractivity contribution in [2.75, 3.05) is 11.9 Å². The fourth-order valence-corrected chi connectivity index (χ4v) is 2.32. The Hall–Kier alpha value is -1.88. The van der Waals surface area contributed by atoms with Crippen LogP contribution in [0.15, 0.2) is 18.2 Å². The summed E-state index contributed by atoms with van der Waals surface area (Å²) >= 11 is 0. The molecule has 0 spiro atoms. The molecule has 1 rings (SSSR count). The van der Waals surface area contributed by atoms with E-state index in [2.05, 4.69) is 10.6 Å². The van der Waals surface area contributed by atoms with Crippen LogP contribution in [0.2, 0.25) is 0 Å². The summed E-state index contributed by atoms with van der Waals surface area (Å²) in [5, 5.41) is 15.0. The van der Waals surface area contributed by atoms with Crippen LogP contribution in [0, 0.1) is 13.8 Å². The average molecular weight is 292 g/mol. The molecule has 1 amide bonds. The lowest BCUT2D eigenvalue weighted by atomic mass is 9.93. The maximum absolute atomic E-state index is 12.1. The van der Waals surface area contributed by atoms with Gasteiger partial charge < -0.3 is 10.4 Å². The Kier molecular flexibility index (Phi) is 5.90. The van der Waals surface area contributed by atoms with Crippen molar-refractivity contribution >= 4 is 17.6 Å². The number of benzene rings is 1. The SMILES string of the molecule is CCC(CC)(NCC(=O)Nc1c(C)cccc1C)C(=O)O. The molecular formula is C16H24N2O3. The number of aliphatic carboxylic acids is 1. The quantitative estimate of drug-likeness (QED) is 0.721. The molecule has 0 heterocycles. The molecule has 3 N–H and O–H groups in total. The van der Waals surface area contributed by atoms with Crippen LogP contribution in [0.5, 0.6) is 0 Å².